The van der Waals surface area contributed by atoms with Gasteiger partial charge in [-0.25, -0.2) is 4.79 Å². The highest BCUT2D eigenvalue weighted by atomic mass is 35.5. The van der Waals surface area contributed by atoms with Crippen molar-refractivity contribution in [3.8, 4) is 28.0 Å². The molecule has 3 aromatic carbocycles. The van der Waals surface area contributed by atoms with Gasteiger partial charge in [0.15, 0.2) is 6.10 Å². The lowest BCUT2D eigenvalue weighted by atomic mass is 9.89. The molecular formula is C29H28ClNO4. The summed E-state index contributed by atoms with van der Waals surface area (Å²) >= 11 is 6.18. The van der Waals surface area contributed by atoms with Crippen LogP contribution in [0.3, 0.4) is 0 Å². The second-order valence-corrected chi connectivity index (χ2v) is 9.81. The van der Waals surface area contributed by atoms with Gasteiger partial charge in [-0.15, -0.1) is 0 Å². The minimum Gasteiger partial charge on any atom is -0.497 e. The van der Waals surface area contributed by atoms with Crippen molar-refractivity contribution < 1.29 is 19.4 Å². The highest BCUT2D eigenvalue weighted by molar-refractivity contribution is 6.30. The zero-order chi connectivity index (χ0) is 25.3. The Labute approximate surface area is 210 Å². The summed E-state index contributed by atoms with van der Waals surface area (Å²) in [5, 5.41) is 11.6. The summed E-state index contributed by atoms with van der Waals surface area (Å²) in [6.45, 7) is 7.37. The van der Waals surface area contributed by atoms with E-state index in [1.807, 2.05) is 82.3 Å². The number of aliphatic carboxylic acids is 1. The number of halogens is 1. The smallest absolute Gasteiger partial charge is 0.337 e. The maximum atomic E-state index is 12.5. The van der Waals surface area contributed by atoms with Gasteiger partial charge in [-0.1, -0.05) is 54.1 Å². The van der Waals surface area contributed by atoms with E-state index in [1.165, 1.54) is 0 Å². The van der Waals surface area contributed by atoms with Gasteiger partial charge in [0.25, 0.3) is 0 Å². The number of aryl methyl sites for hydroxylation is 1. The van der Waals surface area contributed by atoms with E-state index in [0.29, 0.717) is 16.3 Å². The van der Waals surface area contributed by atoms with Crippen LogP contribution < -0.4 is 4.74 Å². The Morgan fingerprint density at radius 1 is 0.971 bits per heavy atom. The molecule has 6 heteroatoms. The largest absolute Gasteiger partial charge is 0.497 e. The van der Waals surface area contributed by atoms with Crippen molar-refractivity contribution in [2.24, 2.45) is 0 Å². The van der Waals surface area contributed by atoms with Gasteiger partial charge < -0.3 is 14.6 Å². The number of hydrogen-bond donors (Lipinski definition) is 1. The normalized spacial score (nSPS) is 12.5. The molecule has 35 heavy (non-hydrogen) atoms. The molecule has 5 nitrogen and oxygen atoms in total. The predicted octanol–water partition coefficient (Wildman–Crippen LogP) is 7.48. The molecule has 0 aliphatic carbocycles. The molecular weight excluding hydrogens is 462 g/mol. The van der Waals surface area contributed by atoms with Gasteiger partial charge in [0.1, 0.15) is 5.75 Å². The third kappa shape index (κ3) is 5.16. The van der Waals surface area contributed by atoms with Crippen LogP contribution in [0.2, 0.25) is 5.02 Å². The first-order chi connectivity index (χ1) is 16.6. The number of fused-ring (bicyclic) bond motifs is 1. The Bertz CT molecular complexity index is 1370. The maximum absolute atomic E-state index is 12.5. The summed E-state index contributed by atoms with van der Waals surface area (Å²) in [6.07, 6.45) is -1.19. The van der Waals surface area contributed by atoms with Crippen LogP contribution in [0.15, 0.2) is 66.7 Å². The molecule has 0 amide bonds. The fraction of sp³-hybridized carbons (Fsp3) is 0.241. The topological polar surface area (TPSA) is 68.7 Å². The highest BCUT2D eigenvalue weighted by Gasteiger charge is 2.32. The fourth-order valence-corrected chi connectivity index (χ4v) is 4.38. The molecule has 1 atom stereocenters. The molecule has 0 saturated carbocycles. The van der Waals surface area contributed by atoms with Crippen LogP contribution in [0.4, 0.5) is 0 Å². The van der Waals surface area contributed by atoms with E-state index in [1.54, 1.807) is 19.2 Å². The molecule has 4 aromatic rings. The van der Waals surface area contributed by atoms with E-state index in [9.17, 15) is 9.90 Å². The third-order valence-corrected chi connectivity index (χ3v) is 5.99. The van der Waals surface area contributed by atoms with Crippen LogP contribution in [0, 0.1) is 6.92 Å². The summed E-state index contributed by atoms with van der Waals surface area (Å²) in [5.74, 6) is -0.295. The number of rotatable bonds is 6. The van der Waals surface area contributed by atoms with Crippen LogP contribution in [0.5, 0.6) is 5.75 Å². The van der Waals surface area contributed by atoms with E-state index in [2.05, 4.69) is 0 Å². The van der Waals surface area contributed by atoms with Crippen LogP contribution in [-0.4, -0.2) is 28.8 Å². The van der Waals surface area contributed by atoms with Gasteiger partial charge >= 0.3 is 5.97 Å². The molecule has 0 aliphatic rings. The first kappa shape index (κ1) is 24.7. The number of methoxy groups -OCH3 is 1. The molecule has 1 aromatic heterocycles. The first-order valence-corrected chi connectivity index (χ1v) is 11.7. The Morgan fingerprint density at radius 2 is 1.60 bits per heavy atom. The second kappa shape index (κ2) is 9.68. The van der Waals surface area contributed by atoms with Gasteiger partial charge in [-0.05, 0) is 68.7 Å². The number of benzene rings is 3. The number of ether oxygens (including phenoxy) is 2. The summed E-state index contributed by atoms with van der Waals surface area (Å²) in [6, 6.07) is 21.1. The molecule has 0 saturated heterocycles. The van der Waals surface area contributed by atoms with Gasteiger partial charge in [0.05, 0.1) is 18.2 Å². The Morgan fingerprint density at radius 3 is 2.17 bits per heavy atom. The lowest BCUT2D eigenvalue weighted by Crippen LogP contribution is -2.28. The molecule has 0 spiro atoms. The fourth-order valence-electron chi connectivity index (χ4n) is 4.26. The number of para-hydroxylation sites is 1. The van der Waals surface area contributed by atoms with E-state index < -0.39 is 17.7 Å². The van der Waals surface area contributed by atoms with E-state index in [0.717, 1.165) is 38.9 Å². The molecule has 1 unspecified atom stereocenters. The highest BCUT2D eigenvalue weighted by Crippen LogP contribution is 2.42. The number of carbonyl (C=O) groups is 1. The summed E-state index contributed by atoms with van der Waals surface area (Å²) in [4.78, 5) is 17.4. The van der Waals surface area contributed by atoms with Crippen LogP contribution >= 0.6 is 11.6 Å². The summed E-state index contributed by atoms with van der Waals surface area (Å²) in [5.41, 5.74) is 4.79. The molecule has 1 N–H and O–H groups in total. The quantitative estimate of drug-likeness (QED) is 0.304. The number of carboxylic acids is 1. The van der Waals surface area contributed by atoms with Gasteiger partial charge in [0.2, 0.25) is 0 Å². The minimum atomic E-state index is -1.19. The van der Waals surface area contributed by atoms with Crippen molar-refractivity contribution in [2.45, 2.75) is 39.4 Å². The average molecular weight is 490 g/mol. The van der Waals surface area contributed by atoms with Crippen LogP contribution in [-0.2, 0) is 9.53 Å². The Hall–Kier alpha value is -3.41. The maximum Gasteiger partial charge on any atom is 0.337 e. The van der Waals surface area contributed by atoms with Gasteiger partial charge in [-0.3, -0.25) is 4.98 Å². The molecule has 180 valence electrons. The van der Waals surface area contributed by atoms with E-state index in [-0.39, 0.29) is 0 Å². The number of nitrogens with zero attached hydrogens (tertiary/aromatic N) is 1. The van der Waals surface area contributed by atoms with Crippen LogP contribution in [0.1, 0.15) is 38.1 Å². The van der Waals surface area contributed by atoms with E-state index >= 15 is 0 Å². The van der Waals surface area contributed by atoms with Gasteiger partial charge in [0, 0.05) is 27.2 Å². The lowest BCUT2D eigenvalue weighted by Gasteiger charge is -2.28. The molecule has 0 radical (unpaired) electrons. The van der Waals surface area contributed by atoms with Gasteiger partial charge in [-0.2, -0.15) is 0 Å². The Balaban J connectivity index is 2.06. The average Bonchev–Trinajstić information content (AvgIpc) is 2.81. The van der Waals surface area contributed by atoms with Crippen molar-refractivity contribution in [3.05, 3.63) is 83.0 Å². The lowest BCUT2D eigenvalue weighted by molar-refractivity contribution is -0.160. The molecule has 0 bridgehead atoms. The zero-order valence-electron chi connectivity index (χ0n) is 20.4. The second-order valence-electron chi connectivity index (χ2n) is 9.37. The Kier molecular flexibility index (Phi) is 6.84. The van der Waals surface area contributed by atoms with Crippen molar-refractivity contribution in [2.75, 3.05) is 7.11 Å². The standard InChI is InChI=1S/C29H28ClNO4/c1-17-24(27(28(32)33)35-29(2,3)4)25(19-9-13-20(30)14-10-19)23-8-6-7-22(26(23)31-17)18-11-15-21(34-5)16-12-18/h6-16,27H,1-5H3,(H,32,33). The minimum absolute atomic E-state index is 0.536. The monoisotopic (exact) mass is 489 g/mol. The van der Waals surface area contributed by atoms with Crippen molar-refractivity contribution in [3.63, 3.8) is 0 Å². The van der Waals surface area contributed by atoms with Crippen molar-refractivity contribution >= 4 is 28.5 Å². The SMILES string of the molecule is COc1ccc(-c2cccc3c(-c4ccc(Cl)cc4)c(C(OC(C)(C)C)C(=O)O)c(C)nc23)cc1. The number of aromatic nitrogens is 1. The predicted molar refractivity (Wildman–Crippen MR) is 140 cm³/mol. The van der Waals surface area contributed by atoms with Crippen molar-refractivity contribution in [1.82, 2.24) is 4.98 Å². The molecule has 4 rings (SSSR count). The van der Waals surface area contributed by atoms with Crippen LogP contribution in [0.25, 0.3) is 33.2 Å². The number of hydrogen-bond acceptors (Lipinski definition) is 4. The molecule has 0 aliphatic heterocycles. The number of pyridine rings is 1. The zero-order valence-corrected chi connectivity index (χ0v) is 21.2. The molecule has 0 fully saturated rings. The van der Waals surface area contributed by atoms with Crippen molar-refractivity contribution in [1.29, 1.82) is 0 Å². The molecule has 1 heterocycles. The first-order valence-electron chi connectivity index (χ1n) is 11.3. The summed E-state index contributed by atoms with van der Waals surface area (Å²) in [7, 11) is 1.64. The number of carboxylic acid groups (broad SMARTS) is 1. The summed E-state index contributed by atoms with van der Waals surface area (Å²) < 4.78 is 11.4. The third-order valence-electron chi connectivity index (χ3n) is 5.74. The van der Waals surface area contributed by atoms with E-state index in [4.69, 9.17) is 26.1 Å².